The summed E-state index contributed by atoms with van der Waals surface area (Å²) in [6.07, 6.45) is 6.69. The summed E-state index contributed by atoms with van der Waals surface area (Å²) < 4.78 is 7.90. The number of aromatic nitrogens is 2. The van der Waals surface area contributed by atoms with Crippen molar-refractivity contribution in [2.75, 3.05) is 6.61 Å². The van der Waals surface area contributed by atoms with Gasteiger partial charge in [-0.3, -0.25) is 0 Å². The topological polar surface area (TPSA) is 27.1 Å². The molecule has 0 radical (unpaired) electrons. The molecule has 18 heavy (non-hydrogen) atoms. The lowest BCUT2D eigenvalue weighted by atomic mass is 10.00. The van der Waals surface area contributed by atoms with Gasteiger partial charge in [0.25, 0.3) is 0 Å². The number of benzene rings is 1. The minimum absolute atomic E-state index is 0.409. The molecule has 2 rings (SSSR count). The second kappa shape index (κ2) is 6.24. The largest absolute Gasteiger partial charge is 0.493 e. The summed E-state index contributed by atoms with van der Waals surface area (Å²) in [7, 11) is 0. The van der Waals surface area contributed by atoms with Gasteiger partial charge in [0.2, 0.25) is 0 Å². The van der Waals surface area contributed by atoms with Crippen LogP contribution in [0.15, 0.2) is 43.0 Å². The van der Waals surface area contributed by atoms with Crippen LogP contribution in [-0.2, 0) is 6.54 Å². The summed E-state index contributed by atoms with van der Waals surface area (Å²) in [5, 5.41) is 0. The molecular weight excluding hydrogens is 224 g/mol. The smallest absolute Gasteiger partial charge is 0.122 e. The van der Waals surface area contributed by atoms with Gasteiger partial charge >= 0.3 is 0 Å². The molecule has 0 aliphatic heterocycles. The van der Waals surface area contributed by atoms with Crippen molar-refractivity contribution >= 4 is 0 Å². The second-order valence-corrected chi connectivity index (χ2v) is 4.55. The fraction of sp³-hybridized carbons (Fsp3) is 0.400. The van der Waals surface area contributed by atoms with E-state index in [0.29, 0.717) is 5.92 Å². The Hall–Kier alpha value is -1.77. The molecule has 0 amide bonds. The van der Waals surface area contributed by atoms with Gasteiger partial charge in [-0.2, -0.15) is 0 Å². The molecular formula is C15H20N2O. The van der Waals surface area contributed by atoms with Gasteiger partial charge in [0, 0.05) is 24.9 Å². The van der Waals surface area contributed by atoms with Crippen LogP contribution in [0.25, 0.3) is 0 Å². The van der Waals surface area contributed by atoms with Gasteiger partial charge in [-0.1, -0.05) is 32.0 Å². The molecule has 0 saturated heterocycles. The van der Waals surface area contributed by atoms with Gasteiger partial charge in [0.05, 0.1) is 12.9 Å². The quantitative estimate of drug-likeness (QED) is 0.778. The molecule has 2 aromatic rings. The molecule has 3 nitrogen and oxygen atoms in total. The Morgan fingerprint density at radius 2 is 2.17 bits per heavy atom. The highest BCUT2D eigenvalue weighted by atomic mass is 16.5. The molecule has 1 atom stereocenters. The lowest BCUT2D eigenvalue weighted by molar-refractivity contribution is 0.311. The van der Waals surface area contributed by atoms with Crippen LogP contribution in [0.3, 0.4) is 0 Å². The number of hydrogen-bond donors (Lipinski definition) is 0. The van der Waals surface area contributed by atoms with Crippen LogP contribution in [0.5, 0.6) is 5.75 Å². The van der Waals surface area contributed by atoms with E-state index in [2.05, 4.69) is 41.6 Å². The van der Waals surface area contributed by atoms with E-state index < -0.39 is 0 Å². The Kier molecular flexibility index (Phi) is 4.40. The van der Waals surface area contributed by atoms with Crippen LogP contribution in [-0.4, -0.2) is 16.2 Å². The van der Waals surface area contributed by atoms with Crippen LogP contribution in [0.2, 0.25) is 0 Å². The van der Waals surface area contributed by atoms with Gasteiger partial charge in [0.15, 0.2) is 0 Å². The third-order valence-corrected chi connectivity index (χ3v) is 2.96. The molecule has 0 spiro atoms. The molecule has 96 valence electrons. The summed E-state index contributed by atoms with van der Waals surface area (Å²) in [5.41, 5.74) is 1.26. The average Bonchev–Trinajstić information content (AvgIpc) is 2.89. The lowest BCUT2D eigenvalue weighted by Crippen LogP contribution is -2.07. The molecule has 1 heterocycles. The summed E-state index contributed by atoms with van der Waals surface area (Å²) in [6.45, 7) is 6.03. The van der Waals surface area contributed by atoms with E-state index in [1.54, 1.807) is 0 Å². The van der Waals surface area contributed by atoms with Crippen molar-refractivity contribution in [3.05, 3.63) is 48.5 Å². The van der Waals surface area contributed by atoms with Crippen LogP contribution in [0.4, 0.5) is 0 Å². The predicted molar refractivity (Wildman–Crippen MR) is 72.9 cm³/mol. The highest BCUT2D eigenvalue weighted by Crippen LogP contribution is 2.27. The van der Waals surface area contributed by atoms with Crippen molar-refractivity contribution in [2.24, 2.45) is 0 Å². The second-order valence-electron chi connectivity index (χ2n) is 4.55. The number of hydrogen-bond acceptors (Lipinski definition) is 2. The molecule has 0 fully saturated rings. The van der Waals surface area contributed by atoms with Gasteiger partial charge in [0.1, 0.15) is 5.75 Å². The highest BCUT2D eigenvalue weighted by Gasteiger charge is 2.11. The third-order valence-electron chi connectivity index (χ3n) is 2.96. The Bertz CT molecular complexity index is 465. The standard InChI is InChI=1S/C15H20N2O/c1-3-10-18-15-7-5-4-6-14(15)13(2)11-17-9-8-16-12-17/h4-9,12-13H,3,10-11H2,1-2H3. The number of para-hydroxylation sites is 1. The zero-order valence-electron chi connectivity index (χ0n) is 11.0. The molecule has 1 aromatic heterocycles. The van der Waals surface area contributed by atoms with Crippen LogP contribution in [0, 0.1) is 0 Å². The minimum atomic E-state index is 0.409. The predicted octanol–water partition coefficient (Wildman–Crippen LogP) is 3.48. The zero-order valence-corrected chi connectivity index (χ0v) is 11.0. The minimum Gasteiger partial charge on any atom is -0.493 e. The van der Waals surface area contributed by atoms with Crippen LogP contribution in [0.1, 0.15) is 31.7 Å². The van der Waals surface area contributed by atoms with Crippen molar-refractivity contribution in [3.63, 3.8) is 0 Å². The average molecular weight is 244 g/mol. The Morgan fingerprint density at radius 3 is 2.89 bits per heavy atom. The first kappa shape index (κ1) is 12.7. The molecule has 3 heteroatoms. The Balaban J connectivity index is 2.11. The fourth-order valence-corrected chi connectivity index (χ4v) is 2.04. The van der Waals surface area contributed by atoms with Crippen molar-refractivity contribution < 1.29 is 4.74 Å². The van der Waals surface area contributed by atoms with E-state index in [1.807, 2.05) is 24.8 Å². The van der Waals surface area contributed by atoms with Crippen molar-refractivity contribution in [2.45, 2.75) is 32.7 Å². The van der Waals surface area contributed by atoms with E-state index in [4.69, 9.17) is 4.74 Å². The summed E-state index contributed by atoms with van der Waals surface area (Å²) in [6, 6.07) is 8.29. The molecule has 0 bridgehead atoms. The molecule has 0 aliphatic rings. The van der Waals surface area contributed by atoms with E-state index >= 15 is 0 Å². The normalized spacial score (nSPS) is 12.3. The van der Waals surface area contributed by atoms with Gasteiger partial charge in [-0.15, -0.1) is 0 Å². The van der Waals surface area contributed by atoms with Gasteiger partial charge in [-0.05, 0) is 18.1 Å². The van der Waals surface area contributed by atoms with E-state index in [-0.39, 0.29) is 0 Å². The summed E-state index contributed by atoms with van der Waals surface area (Å²) >= 11 is 0. The summed E-state index contributed by atoms with van der Waals surface area (Å²) in [5.74, 6) is 1.42. The number of rotatable bonds is 6. The van der Waals surface area contributed by atoms with Crippen LogP contribution < -0.4 is 4.74 Å². The first-order chi connectivity index (χ1) is 8.81. The lowest BCUT2D eigenvalue weighted by Gasteiger charge is -2.17. The fourth-order valence-electron chi connectivity index (χ4n) is 2.04. The third kappa shape index (κ3) is 3.13. The maximum absolute atomic E-state index is 5.80. The van der Waals surface area contributed by atoms with E-state index in [0.717, 1.165) is 25.3 Å². The SMILES string of the molecule is CCCOc1ccccc1C(C)Cn1ccnc1. The van der Waals surface area contributed by atoms with Gasteiger partial charge in [-0.25, -0.2) is 4.98 Å². The highest BCUT2D eigenvalue weighted by molar-refractivity contribution is 5.35. The van der Waals surface area contributed by atoms with Crippen LogP contribution >= 0.6 is 0 Å². The van der Waals surface area contributed by atoms with Gasteiger partial charge < -0.3 is 9.30 Å². The van der Waals surface area contributed by atoms with Crippen molar-refractivity contribution in [1.82, 2.24) is 9.55 Å². The molecule has 0 aliphatic carbocycles. The van der Waals surface area contributed by atoms with Crippen molar-refractivity contribution in [1.29, 1.82) is 0 Å². The monoisotopic (exact) mass is 244 g/mol. The zero-order chi connectivity index (χ0) is 12.8. The summed E-state index contributed by atoms with van der Waals surface area (Å²) in [4.78, 5) is 4.07. The molecule has 1 aromatic carbocycles. The Morgan fingerprint density at radius 1 is 1.33 bits per heavy atom. The maximum Gasteiger partial charge on any atom is 0.122 e. The first-order valence-corrected chi connectivity index (χ1v) is 6.48. The Labute approximate surface area is 108 Å². The molecule has 1 unspecified atom stereocenters. The number of nitrogens with zero attached hydrogens (tertiary/aromatic N) is 2. The molecule has 0 saturated carbocycles. The van der Waals surface area contributed by atoms with E-state index in [9.17, 15) is 0 Å². The maximum atomic E-state index is 5.80. The van der Waals surface area contributed by atoms with Crippen molar-refractivity contribution in [3.8, 4) is 5.75 Å². The number of ether oxygens (including phenoxy) is 1. The molecule has 0 N–H and O–H groups in total. The van der Waals surface area contributed by atoms with E-state index in [1.165, 1.54) is 5.56 Å². The number of imidazole rings is 1. The first-order valence-electron chi connectivity index (χ1n) is 6.48.